The predicted octanol–water partition coefficient (Wildman–Crippen LogP) is 6.97. The van der Waals surface area contributed by atoms with Crippen LogP contribution in [-0.4, -0.2) is 29.7 Å². The number of hydrogen-bond acceptors (Lipinski definition) is 2. The van der Waals surface area contributed by atoms with Crippen LogP contribution in [0.15, 0.2) is 72.8 Å². The lowest BCUT2D eigenvalue weighted by atomic mass is 10.0. The average Bonchev–Trinajstić information content (AvgIpc) is 3.05. The smallest absolute Gasteiger partial charge is 0.429 e. The molecule has 0 aliphatic rings. The Bertz CT molecular complexity index is 1160. The monoisotopic (exact) mass is 457 g/mol. The molecular weight excluding hydrogens is 442 g/mol. The predicted molar refractivity (Wildman–Crippen MR) is 108 cm³/mol. The number of fused-ring (bicyclic) bond motifs is 3. The van der Waals surface area contributed by atoms with Crippen molar-refractivity contribution in [2.45, 2.75) is 18.0 Å². The van der Waals surface area contributed by atoms with E-state index in [-0.39, 0.29) is 5.75 Å². The Kier molecular flexibility index (Phi) is 5.13. The van der Waals surface area contributed by atoms with Gasteiger partial charge >= 0.3 is 12.4 Å². The van der Waals surface area contributed by atoms with Gasteiger partial charge in [0.25, 0.3) is 5.60 Å². The van der Waals surface area contributed by atoms with Gasteiger partial charge in [0.15, 0.2) is 14.3 Å². The molecule has 0 radical (unpaired) electrons. The molecule has 2 nitrogen and oxygen atoms in total. The molecule has 162 valence electrons. The summed E-state index contributed by atoms with van der Waals surface area (Å²) in [7, 11) is -0.463. The van der Waals surface area contributed by atoms with Crippen LogP contribution in [0.3, 0.4) is 0 Å². The summed E-state index contributed by atoms with van der Waals surface area (Å²) in [4.78, 5) is 0.839. The molecule has 9 heteroatoms. The molecule has 1 aromatic heterocycles. The van der Waals surface area contributed by atoms with Crippen LogP contribution in [0.1, 0.15) is 0 Å². The molecule has 0 saturated carbocycles. The van der Waals surface area contributed by atoms with Crippen molar-refractivity contribution >= 4 is 30.6 Å². The number of benzene rings is 3. The first-order valence-corrected chi connectivity index (χ1v) is 10.3. The fourth-order valence-corrected chi connectivity index (χ4v) is 5.67. The molecule has 0 atom stereocenters. The second-order valence-electron chi connectivity index (χ2n) is 6.91. The van der Waals surface area contributed by atoms with E-state index in [4.69, 9.17) is 4.74 Å². The molecule has 1 heterocycles. The van der Waals surface area contributed by atoms with Crippen molar-refractivity contribution in [1.29, 1.82) is 0 Å². The lowest BCUT2D eigenvalue weighted by Gasteiger charge is -2.31. The standard InChI is InChI=1S/C22H15F6O2S/c23-21(24,25)20(29,22(26,27)28)13-30-14-9-11-15(12-10-14)31-18-7-3-1-5-16(18)17-6-2-4-8-19(17)31/h1-12,29H,13H2/q+1. The lowest BCUT2D eigenvalue weighted by molar-refractivity contribution is -0.373. The molecule has 1 N–H and O–H groups in total. The van der Waals surface area contributed by atoms with Crippen molar-refractivity contribution in [3.05, 3.63) is 72.8 Å². The van der Waals surface area contributed by atoms with Gasteiger partial charge < -0.3 is 9.84 Å². The molecule has 0 bridgehead atoms. The van der Waals surface area contributed by atoms with Gasteiger partial charge in [-0.3, -0.25) is 0 Å². The highest BCUT2D eigenvalue weighted by molar-refractivity contribution is 7.50. The fraction of sp³-hybridized carbons (Fsp3) is 0.182. The second kappa shape index (κ2) is 7.42. The van der Waals surface area contributed by atoms with Gasteiger partial charge in [0.1, 0.15) is 12.4 Å². The number of aliphatic hydroxyl groups is 1. The van der Waals surface area contributed by atoms with Crippen LogP contribution in [0, 0.1) is 0 Å². The van der Waals surface area contributed by atoms with E-state index in [1.165, 1.54) is 12.1 Å². The van der Waals surface area contributed by atoms with Crippen LogP contribution < -0.4 is 4.74 Å². The topological polar surface area (TPSA) is 29.5 Å². The minimum absolute atomic E-state index is 0.208. The van der Waals surface area contributed by atoms with Crippen molar-refractivity contribution in [1.82, 2.24) is 0 Å². The summed E-state index contributed by atoms with van der Waals surface area (Å²) in [6.45, 7) is -1.99. The molecule has 3 aromatic carbocycles. The Balaban J connectivity index is 1.67. The zero-order chi connectivity index (χ0) is 22.4. The first-order chi connectivity index (χ1) is 14.5. The highest BCUT2D eigenvalue weighted by Gasteiger charge is 2.71. The van der Waals surface area contributed by atoms with Gasteiger partial charge in [0.05, 0.1) is 0 Å². The molecule has 0 unspecified atom stereocenters. The Morgan fingerprint density at radius 1 is 0.677 bits per heavy atom. The third kappa shape index (κ3) is 3.61. The third-order valence-electron chi connectivity index (χ3n) is 4.95. The van der Waals surface area contributed by atoms with Gasteiger partial charge in [-0.2, -0.15) is 26.3 Å². The molecule has 0 saturated heterocycles. The number of ether oxygens (including phenoxy) is 1. The van der Waals surface area contributed by atoms with E-state index in [1.54, 1.807) is 12.1 Å². The van der Waals surface area contributed by atoms with E-state index in [2.05, 4.69) is 0 Å². The van der Waals surface area contributed by atoms with Crippen LogP contribution in [0.5, 0.6) is 5.75 Å². The SMILES string of the molecule is OC(COc1ccc(-[s+]2c3ccccc3c3ccccc32)cc1)(C(F)(F)F)C(F)(F)F. The zero-order valence-corrected chi connectivity index (χ0v) is 16.5. The van der Waals surface area contributed by atoms with Crippen molar-refractivity contribution in [3.63, 3.8) is 0 Å². The van der Waals surface area contributed by atoms with Gasteiger partial charge in [-0.1, -0.05) is 24.3 Å². The summed E-state index contributed by atoms with van der Waals surface area (Å²) in [6, 6.07) is 21.5. The van der Waals surface area contributed by atoms with E-state index in [0.29, 0.717) is 0 Å². The van der Waals surface area contributed by atoms with E-state index in [1.807, 2.05) is 48.5 Å². The minimum atomic E-state index is -5.93. The molecule has 0 amide bonds. The van der Waals surface area contributed by atoms with Crippen LogP contribution in [0.4, 0.5) is 26.3 Å². The third-order valence-corrected chi connectivity index (χ3v) is 7.28. The molecule has 0 aliphatic carbocycles. The maximum absolute atomic E-state index is 12.8. The number of rotatable bonds is 4. The van der Waals surface area contributed by atoms with Gasteiger partial charge in [-0.15, -0.1) is 0 Å². The quantitative estimate of drug-likeness (QED) is 0.265. The molecular formula is C22H15F6O2S+. The first kappa shape index (κ1) is 21.5. The highest BCUT2D eigenvalue weighted by atomic mass is 32.2. The zero-order valence-electron chi connectivity index (χ0n) is 15.7. The average molecular weight is 457 g/mol. The van der Waals surface area contributed by atoms with Crippen LogP contribution in [0.2, 0.25) is 0 Å². The fourth-order valence-electron chi connectivity index (χ4n) is 3.29. The summed E-state index contributed by atoms with van der Waals surface area (Å²) in [6.07, 6.45) is -11.9. The maximum atomic E-state index is 12.8. The second-order valence-corrected chi connectivity index (χ2v) is 8.88. The van der Waals surface area contributed by atoms with E-state index in [0.717, 1.165) is 25.1 Å². The Morgan fingerprint density at radius 3 is 1.58 bits per heavy atom. The summed E-state index contributed by atoms with van der Waals surface area (Å²) in [5.74, 6) is -0.208. The summed E-state index contributed by atoms with van der Waals surface area (Å²) in [5.41, 5.74) is -4.95. The summed E-state index contributed by atoms with van der Waals surface area (Å²) < 4.78 is 83.7. The van der Waals surface area contributed by atoms with Crippen LogP contribution in [0.25, 0.3) is 25.1 Å². The molecule has 4 rings (SSSR count). The number of alkyl halides is 6. The van der Waals surface area contributed by atoms with Crippen molar-refractivity contribution in [2.75, 3.05) is 6.61 Å². The normalized spacial score (nSPS) is 13.1. The summed E-state index contributed by atoms with van der Waals surface area (Å²) >= 11 is 0. The number of hydrogen-bond donors (Lipinski definition) is 1. The van der Waals surface area contributed by atoms with Crippen molar-refractivity contribution < 1.29 is 36.2 Å². The largest absolute Gasteiger partial charge is 0.490 e. The lowest BCUT2D eigenvalue weighted by Crippen LogP contribution is -2.60. The molecule has 31 heavy (non-hydrogen) atoms. The van der Waals surface area contributed by atoms with E-state index < -0.39 is 35.0 Å². The first-order valence-electron chi connectivity index (χ1n) is 9.04. The van der Waals surface area contributed by atoms with Gasteiger partial charge in [-0.05, 0) is 36.4 Å². The molecule has 0 spiro atoms. The Labute approximate surface area is 175 Å². The molecule has 0 aliphatic heterocycles. The molecule has 0 fully saturated rings. The highest BCUT2D eigenvalue weighted by Crippen LogP contribution is 2.48. The summed E-state index contributed by atoms with van der Waals surface area (Å²) in [5, 5.41) is 11.4. The molecule has 4 aromatic rings. The van der Waals surface area contributed by atoms with Crippen molar-refractivity contribution in [3.8, 4) is 10.6 Å². The van der Waals surface area contributed by atoms with Gasteiger partial charge in [-0.25, -0.2) is 0 Å². The van der Waals surface area contributed by atoms with Crippen LogP contribution >= 0.6 is 10.5 Å². The van der Waals surface area contributed by atoms with Crippen LogP contribution in [-0.2, 0) is 0 Å². The van der Waals surface area contributed by atoms with Crippen molar-refractivity contribution in [2.24, 2.45) is 0 Å². The number of halogens is 6. The van der Waals surface area contributed by atoms with Gasteiger partial charge in [0, 0.05) is 33.4 Å². The number of thiophene rings is 1. The Morgan fingerprint density at radius 2 is 1.13 bits per heavy atom. The van der Waals surface area contributed by atoms with E-state index >= 15 is 0 Å². The Hall–Kier alpha value is -2.78. The van der Waals surface area contributed by atoms with Gasteiger partial charge in [0.2, 0.25) is 0 Å². The maximum Gasteiger partial charge on any atom is 0.429 e. The van der Waals surface area contributed by atoms with E-state index in [9.17, 15) is 31.4 Å². The minimum Gasteiger partial charge on any atom is -0.490 e.